The predicted octanol–water partition coefficient (Wildman–Crippen LogP) is 1.98. The van der Waals surface area contributed by atoms with Crippen LogP contribution in [-0.2, 0) is 9.59 Å². The van der Waals surface area contributed by atoms with Crippen LogP contribution in [0.4, 0.5) is 15.8 Å². The Kier molecular flexibility index (Phi) is 5.05. The molecule has 3 rings (SSSR count). The number of hydrazone groups is 1. The molecular formula is C17H16FN3O3. The number of carbonyl (C=O) groups excluding carboxylic acids is 2. The van der Waals surface area contributed by atoms with Crippen LogP contribution < -0.4 is 10.3 Å². The Morgan fingerprint density at radius 2 is 1.75 bits per heavy atom. The number of para-hydroxylation sites is 1. The number of amides is 2. The zero-order chi connectivity index (χ0) is 16.4. The largest absolute Gasteiger partial charge is 0.412 e. The van der Waals surface area contributed by atoms with Gasteiger partial charge >= 0.3 is 0 Å². The van der Waals surface area contributed by atoms with E-state index in [-0.39, 0.29) is 5.48 Å². The second kappa shape index (κ2) is 7.01. The monoisotopic (exact) mass is 329 g/mol. The highest BCUT2D eigenvalue weighted by Gasteiger charge is 2.39. The molecule has 0 aromatic heterocycles. The second-order valence-electron chi connectivity index (χ2n) is 5.16. The van der Waals surface area contributed by atoms with Gasteiger partial charge in [-0.3, -0.25) is 9.59 Å². The van der Waals surface area contributed by atoms with Gasteiger partial charge in [0, 0.05) is 5.69 Å². The van der Waals surface area contributed by atoms with E-state index >= 15 is 0 Å². The maximum absolute atomic E-state index is 12.9. The minimum Gasteiger partial charge on any atom is -0.412 e. The Morgan fingerprint density at radius 1 is 1.12 bits per heavy atom. The van der Waals surface area contributed by atoms with Crippen LogP contribution in [0.15, 0.2) is 59.7 Å². The molecule has 1 atom stereocenters. The van der Waals surface area contributed by atoms with E-state index in [4.69, 9.17) is 0 Å². The standard InChI is InChI=1S/C17H14FN3O2.H2O/c1-11-15(16(22)19-13-9-7-12(18)8-10-13)17(23)21(20-11)14-5-3-2-4-6-14;/h2-10,15H,1H3,(H,19,22);1H2. The van der Waals surface area contributed by atoms with Crippen molar-refractivity contribution in [3.63, 3.8) is 0 Å². The molecule has 1 aliphatic rings. The summed E-state index contributed by atoms with van der Waals surface area (Å²) in [6, 6.07) is 14.3. The van der Waals surface area contributed by atoms with Gasteiger partial charge in [0.25, 0.3) is 5.91 Å². The SMILES string of the molecule is CC1=NN(c2ccccc2)C(=O)C1C(=O)Nc1ccc(F)cc1.O. The Balaban J connectivity index is 0.00000208. The second-order valence-corrected chi connectivity index (χ2v) is 5.16. The van der Waals surface area contributed by atoms with Crippen LogP contribution in [0.25, 0.3) is 0 Å². The molecule has 0 radical (unpaired) electrons. The fourth-order valence-electron chi connectivity index (χ4n) is 2.37. The highest BCUT2D eigenvalue weighted by atomic mass is 19.1. The van der Waals surface area contributed by atoms with Crippen molar-refractivity contribution in [1.82, 2.24) is 0 Å². The number of nitrogens with one attached hydrogen (secondary N) is 1. The lowest BCUT2D eigenvalue weighted by Gasteiger charge is -2.14. The molecule has 0 fully saturated rings. The van der Waals surface area contributed by atoms with Gasteiger partial charge in [0.2, 0.25) is 5.91 Å². The van der Waals surface area contributed by atoms with Crippen LogP contribution >= 0.6 is 0 Å². The minimum atomic E-state index is -0.986. The third kappa shape index (κ3) is 3.31. The average molecular weight is 329 g/mol. The van der Waals surface area contributed by atoms with E-state index in [2.05, 4.69) is 10.4 Å². The van der Waals surface area contributed by atoms with Crippen LogP contribution in [0.5, 0.6) is 0 Å². The topological polar surface area (TPSA) is 93.3 Å². The van der Waals surface area contributed by atoms with Crippen molar-refractivity contribution >= 4 is 28.9 Å². The van der Waals surface area contributed by atoms with Crippen LogP contribution in [0.3, 0.4) is 0 Å². The molecule has 2 amide bonds. The number of benzene rings is 2. The van der Waals surface area contributed by atoms with Gasteiger partial charge in [-0.05, 0) is 43.3 Å². The molecule has 2 aromatic rings. The summed E-state index contributed by atoms with van der Waals surface area (Å²) in [4.78, 5) is 24.9. The van der Waals surface area contributed by atoms with Crippen LogP contribution in [0.1, 0.15) is 6.92 Å². The number of nitrogens with zero attached hydrogens (tertiary/aromatic N) is 2. The van der Waals surface area contributed by atoms with Crippen molar-refractivity contribution in [3.05, 3.63) is 60.4 Å². The lowest BCUT2D eigenvalue weighted by molar-refractivity contribution is -0.127. The zero-order valence-electron chi connectivity index (χ0n) is 12.9. The quantitative estimate of drug-likeness (QED) is 0.872. The highest BCUT2D eigenvalue weighted by molar-refractivity contribution is 6.28. The molecule has 1 unspecified atom stereocenters. The van der Waals surface area contributed by atoms with E-state index < -0.39 is 23.5 Å². The summed E-state index contributed by atoms with van der Waals surface area (Å²) in [6.45, 7) is 1.63. The summed E-state index contributed by atoms with van der Waals surface area (Å²) in [5, 5.41) is 8.01. The summed E-state index contributed by atoms with van der Waals surface area (Å²) in [5.41, 5.74) is 1.45. The summed E-state index contributed by atoms with van der Waals surface area (Å²) < 4.78 is 12.9. The minimum absolute atomic E-state index is 0. The molecule has 2 aromatic carbocycles. The van der Waals surface area contributed by atoms with Gasteiger partial charge in [0.05, 0.1) is 11.4 Å². The van der Waals surface area contributed by atoms with E-state index in [1.54, 1.807) is 31.2 Å². The summed E-state index contributed by atoms with van der Waals surface area (Å²) in [6.07, 6.45) is 0. The molecule has 0 saturated heterocycles. The normalized spacial score (nSPS) is 16.4. The molecule has 3 N–H and O–H groups in total. The Bertz CT molecular complexity index is 775. The Hall–Kier alpha value is -3.06. The third-order valence-corrected chi connectivity index (χ3v) is 3.51. The molecule has 7 heteroatoms. The molecule has 0 spiro atoms. The van der Waals surface area contributed by atoms with E-state index in [0.717, 1.165) is 0 Å². The van der Waals surface area contributed by atoms with Gasteiger partial charge in [0.1, 0.15) is 5.82 Å². The maximum Gasteiger partial charge on any atom is 0.265 e. The van der Waals surface area contributed by atoms with Crippen molar-refractivity contribution in [2.75, 3.05) is 10.3 Å². The van der Waals surface area contributed by atoms with Crippen molar-refractivity contribution in [3.8, 4) is 0 Å². The fraction of sp³-hybridized carbons (Fsp3) is 0.118. The molecule has 6 nitrogen and oxygen atoms in total. The van der Waals surface area contributed by atoms with Crippen molar-refractivity contribution in [1.29, 1.82) is 0 Å². The van der Waals surface area contributed by atoms with Gasteiger partial charge < -0.3 is 10.8 Å². The molecule has 1 heterocycles. The Labute approximate surface area is 137 Å². The summed E-state index contributed by atoms with van der Waals surface area (Å²) in [7, 11) is 0. The molecular weight excluding hydrogens is 313 g/mol. The first-order valence-corrected chi connectivity index (χ1v) is 7.07. The van der Waals surface area contributed by atoms with Gasteiger partial charge in [-0.1, -0.05) is 18.2 Å². The van der Waals surface area contributed by atoms with Crippen LogP contribution in [-0.4, -0.2) is 23.0 Å². The number of halogens is 1. The zero-order valence-corrected chi connectivity index (χ0v) is 12.9. The van der Waals surface area contributed by atoms with Gasteiger partial charge in [-0.2, -0.15) is 10.1 Å². The fourth-order valence-corrected chi connectivity index (χ4v) is 2.37. The van der Waals surface area contributed by atoms with Crippen molar-refractivity contribution in [2.24, 2.45) is 11.0 Å². The van der Waals surface area contributed by atoms with Crippen LogP contribution in [0, 0.1) is 11.7 Å². The highest BCUT2D eigenvalue weighted by Crippen LogP contribution is 2.24. The van der Waals surface area contributed by atoms with Crippen molar-refractivity contribution < 1.29 is 19.5 Å². The molecule has 0 bridgehead atoms. The molecule has 0 saturated carbocycles. The van der Waals surface area contributed by atoms with Crippen LogP contribution in [0.2, 0.25) is 0 Å². The molecule has 0 aliphatic carbocycles. The first-order valence-electron chi connectivity index (χ1n) is 7.07. The third-order valence-electron chi connectivity index (χ3n) is 3.51. The number of rotatable bonds is 3. The van der Waals surface area contributed by atoms with Gasteiger partial charge in [-0.15, -0.1) is 0 Å². The first-order chi connectivity index (χ1) is 11.1. The van der Waals surface area contributed by atoms with E-state index in [0.29, 0.717) is 17.1 Å². The summed E-state index contributed by atoms with van der Waals surface area (Å²) in [5.74, 6) is -2.28. The maximum atomic E-state index is 12.9. The predicted molar refractivity (Wildman–Crippen MR) is 89.2 cm³/mol. The smallest absolute Gasteiger partial charge is 0.265 e. The van der Waals surface area contributed by atoms with E-state index in [1.807, 2.05) is 6.07 Å². The van der Waals surface area contributed by atoms with E-state index in [1.165, 1.54) is 29.3 Å². The average Bonchev–Trinajstić information content (AvgIpc) is 2.85. The number of carbonyl (C=O) groups is 2. The lowest BCUT2D eigenvalue weighted by atomic mass is 10.0. The lowest BCUT2D eigenvalue weighted by Crippen LogP contribution is -2.36. The van der Waals surface area contributed by atoms with Gasteiger partial charge in [-0.25, -0.2) is 4.39 Å². The number of anilines is 2. The van der Waals surface area contributed by atoms with Crippen molar-refractivity contribution in [2.45, 2.75) is 6.92 Å². The number of hydrogen-bond donors (Lipinski definition) is 1. The Morgan fingerprint density at radius 3 is 2.38 bits per heavy atom. The molecule has 24 heavy (non-hydrogen) atoms. The van der Waals surface area contributed by atoms with Gasteiger partial charge in [0.15, 0.2) is 5.92 Å². The molecule has 124 valence electrons. The summed E-state index contributed by atoms with van der Waals surface area (Å²) >= 11 is 0. The van der Waals surface area contributed by atoms with E-state index in [9.17, 15) is 14.0 Å². The first kappa shape index (κ1) is 17.3. The number of hydrogen-bond acceptors (Lipinski definition) is 3. The molecule has 1 aliphatic heterocycles.